The zero-order chi connectivity index (χ0) is 14.8. The highest BCUT2D eigenvalue weighted by Gasteiger charge is 2.21. The van der Waals surface area contributed by atoms with Crippen LogP contribution in [0.25, 0.3) is 0 Å². The van der Waals surface area contributed by atoms with Crippen molar-refractivity contribution in [3.8, 4) is 0 Å². The molecule has 5 nitrogen and oxygen atoms in total. The van der Waals surface area contributed by atoms with E-state index in [9.17, 15) is 8.42 Å². The Morgan fingerprint density at radius 3 is 2.40 bits per heavy atom. The molecule has 0 amide bonds. The van der Waals surface area contributed by atoms with E-state index in [2.05, 4.69) is 5.32 Å². The third kappa shape index (κ3) is 3.33. The zero-order valence-corrected chi connectivity index (χ0v) is 12.7. The summed E-state index contributed by atoms with van der Waals surface area (Å²) >= 11 is 5.79. The number of nitrogens with one attached hydrogen (secondary N) is 1. The summed E-state index contributed by atoms with van der Waals surface area (Å²) in [7, 11) is -0.600. The zero-order valence-electron chi connectivity index (χ0n) is 11.1. The van der Waals surface area contributed by atoms with Gasteiger partial charge in [-0.25, -0.2) is 12.7 Å². The van der Waals surface area contributed by atoms with Gasteiger partial charge in [-0.1, -0.05) is 11.6 Å². The normalized spacial score (nSPS) is 11.8. The molecule has 0 fully saturated rings. The monoisotopic (exact) mass is 314 g/mol. The lowest BCUT2D eigenvalue weighted by Gasteiger charge is -2.08. The number of hydrogen-bond donors (Lipinski definition) is 1. The average Bonchev–Trinajstić information content (AvgIpc) is 2.87. The third-order valence-corrected chi connectivity index (χ3v) is 4.62. The fourth-order valence-electron chi connectivity index (χ4n) is 1.53. The molecule has 0 atom stereocenters. The van der Waals surface area contributed by atoms with Crippen LogP contribution >= 0.6 is 11.6 Å². The summed E-state index contributed by atoms with van der Waals surface area (Å²) in [5, 5.41) is 3.72. The molecule has 1 heterocycles. The number of sulfonamides is 1. The lowest BCUT2D eigenvalue weighted by Crippen LogP contribution is -2.21. The van der Waals surface area contributed by atoms with E-state index in [0.717, 1.165) is 9.99 Å². The molecule has 0 saturated carbocycles. The van der Waals surface area contributed by atoms with Gasteiger partial charge in [0.15, 0.2) is 0 Å². The first kappa shape index (κ1) is 14.9. The van der Waals surface area contributed by atoms with Crippen LogP contribution in [0.3, 0.4) is 0 Å². The number of halogens is 1. The number of rotatable bonds is 5. The first-order valence-corrected chi connectivity index (χ1v) is 7.72. The second-order valence-corrected chi connectivity index (χ2v) is 6.89. The molecule has 20 heavy (non-hydrogen) atoms. The van der Waals surface area contributed by atoms with Gasteiger partial charge in [-0.05, 0) is 36.4 Å². The molecule has 2 aromatic rings. The van der Waals surface area contributed by atoms with Crippen LogP contribution in [0, 0.1) is 0 Å². The Kier molecular flexibility index (Phi) is 4.37. The molecule has 0 aliphatic carbocycles. The number of anilines is 1. The van der Waals surface area contributed by atoms with Crippen LogP contribution in [0.4, 0.5) is 5.69 Å². The molecule has 1 aromatic heterocycles. The molecule has 108 valence electrons. The van der Waals surface area contributed by atoms with Crippen molar-refractivity contribution in [2.24, 2.45) is 0 Å². The van der Waals surface area contributed by atoms with Crippen LogP contribution in [0.5, 0.6) is 0 Å². The van der Waals surface area contributed by atoms with Gasteiger partial charge in [-0.15, -0.1) is 0 Å². The number of nitrogens with zero attached hydrogens (tertiary/aromatic N) is 1. The van der Waals surface area contributed by atoms with E-state index >= 15 is 0 Å². The second kappa shape index (κ2) is 5.87. The quantitative estimate of drug-likeness (QED) is 0.921. The van der Waals surface area contributed by atoms with Gasteiger partial charge in [-0.3, -0.25) is 0 Å². The van der Waals surface area contributed by atoms with Gasteiger partial charge in [0.2, 0.25) is 5.09 Å². The lowest BCUT2D eigenvalue weighted by atomic mass is 10.3. The molecule has 7 heteroatoms. The molecule has 0 unspecified atom stereocenters. The van der Waals surface area contributed by atoms with E-state index in [0.29, 0.717) is 17.3 Å². The molecular formula is C13H15ClN2O3S. The molecule has 0 bridgehead atoms. The smallest absolute Gasteiger partial charge is 0.275 e. The SMILES string of the molecule is CN(C)S(=O)(=O)c1ccc(CNc2ccc(Cl)cc2)o1. The van der Waals surface area contributed by atoms with Crippen LogP contribution in [-0.2, 0) is 16.6 Å². The molecule has 0 aliphatic rings. The number of benzene rings is 1. The molecule has 2 rings (SSSR count). The number of furan rings is 1. The van der Waals surface area contributed by atoms with Crippen LogP contribution in [-0.4, -0.2) is 26.8 Å². The summed E-state index contributed by atoms with van der Waals surface area (Å²) in [6, 6.07) is 10.3. The highest BCUT2D eigenvalue weighted by Crippen LogP contribution is 2.19. The van der Waals surface area contributed by atoms with Gasteiger partial charge in [0.1, 0.15) is 5.76 Å². The highest BCUT2D eigenvalue weighted by molar-refractivity contribution is 7.88. The van der Waals surface area contributed by atoms with Crippen LogP contribution in [0.2, 0.25) is 5.02 Å². The van der Waals surface area contributed by atoms with E-state index in [4.69, 9.17) is 16.0 Å². The van der Waals surface area contributed by atoms with E-state index in [1.165, 1.54) is 20.2 Å². The molecule has 0 radical (unpaired) electrons. The van der Waals surface area contributed by atoms with Crippen molar-refractivity contribution >= 4 is 27.3 Å². The second-order valence-electron chi connectivity index (χ2n) is 4.37. The van der Waals surface area contributed by atoms with Crippen molar-refractivity contribution in [3.05, 3.63) is 47.2 Å². The number of hydrogen-bond acceptors (Lipinski definition) is 4. The Labute approximate surface area is 123 Å². The van der Waals surface area contributed by atoms with Gasteiger partial charge >= 0.3 is 0 Å². The third-order valence-electron chi connectivity index (χ3n) is 2.68. The molecule has 1 N–H and O–H groups in total. The van der Waals surface area contributed by atoms with E-state index in [1.807, 2.05) is 12.1 Å². The minimum Gasteiger partial charge on any atom is -0.446 e. The highest BCUT2D eigenvalue weighted by atomic mass is 35.5. The lowest BCUT2D eigenvalue weighted by molar-refractivity contribution is 0.402. The summed E-state index contributed by atoms with van der Waals surface area (Å²) in [4.78, 5) is 0. The molecule has 0 saturated heterocycles. The minimum absolute atomic E-state index is 0.0598. The first-order valence-electron chi connectivity index (χ1n) is 5.90. The Morgan fingerprint density at radius 1 is 1.15 bits per heavy atom. The Hall–Kier alpha value is -1.50. The predicted molar refractivity (Wildman–Crippen MR) is 78.4 cm³/mol. The maximum Gasteiger partial charge on any atom is 0.275 e. The summed E-state index contributed by atoms with van der Waals surface area (Å²) in [6.45, 7) is 0.393. The van der Waals surface area contributed by atoms with Crippen molar-refractivity contribution in [3.63, 3.8) is 0 Å². The Bertz CT molecular complexity index is 678. The van der Waals surface area contributed by atoms with Gasteiger partial charge < -0.3 is 9.73 Å². The van der Waals surface area contributed by atoms with E-state index in [-0.39, 0.29) is 5.09 Å². The van der Waals surface area contributed by atoms with Crippen LogP contribution in [0.1, 0.15) is 5.76 Å². The molecule has 1 aromatic carbocycles. The van der Waals surface area contributed by atoms with Crippen LogP contribution in [0.15, 0.2) is 45.9 Å². The van der Waals surface area contributed by atoms with E-state index in [1.54, 1.807) is 18.2 Å². The maximum absolute atomic E-state index is 11.9. The Balaban J connectivity index is 2.05. The van der Waals surface area contributed by atoms with Gasteiger partial charge in [0.25, 0.3) is 10.0 Å². The summed E-state index contributed by atoms with van der Waals surface area (Å²) in [5.74, 6) is 0.542. The van der Waals surface area contributed by atoms with Crippen molar-refractivity contribution < 1.29 is 12.8 Å². The average molecular weight is 315 g/mol. The fourth-order valence-corrected chi connectivity index (χ4v) is 2.47. The fraction of sp³-hybridized carbons (Fsp3) is 0.231. The van der Waals surface area contributed by atoms with Crippen molar-refractivity contribution in [2.75, 3.05) is 19.4 Å². The van der Waals surface area contributed by atoms with Crippen LogP contribution < -0.4 is 5.32 Å². The first-order chi connectivity index (χ1) is 9.39. The topological polar surface area (TPSA) is 62.6 Å². The standard InChI is InChI=1S/C13H15ClN2O3S/c1-16(2)20(17,18)13-8-7-12(19-13)9-15-11-5-3-10(14)4-6-11/h3-8,15H,9H2,1-2H3. The summed E-state index contributed by atoms with van der Waals surface area (Å²) in [6.07, 6.45) is 0. The maximum atomic E-state index is 11.9. The van der Waals surface area contributed by atoms with Crippen molar-refractivity contribution in [1.29, 1.82) is 0 Å². The summed E-state index contributed by atoms with van der Waals surface area (Å²) in [5.41, 5.74) is 0.878. The van der Waals surface area contributed by atoms with E-state index < -0.39 is 10.0 Å². The predicted octanol–water partition coefficient (Wildman–Crippen LogP) is 2.80. The Morgan fingerprint density at radius 2 is 1.80 bits per heavy atom. The van der Waals surface area contributed by atoms with Crippen molar-refractivity contribution in [1.82, 2.24) is 4.31 Å². The largest absolute Gasteiger partial charge is 0.446 e. The van der Waals surface area contributed by atoms with Gasteiger partial charge in [-0.2, -0.15) is 0 Å². The van der Waals surface area contributed by atoms with Gasteiger partial charge in [0.05, 0.1) is 6.54 Å². The minimum atomic E-state index is -3.52. The molecule has 0 aliphatic heterocycles. The molecule has 0 spiro atoms. The van der Waals surface area contributed by atoms with Gasteiger partial charge in [0, 0.05) is 24.8 Å². The molecular weight excluding hydrogens is 300 g/mol. The van der Waals surface area contributed by atoms with Crippen molar-refractivity contribution in [2.45, 2.75) is 11.6 Å². The summed E-state index contributed by atoms with van der Waals surface area (Å²) < 4.78 is 30.2.